The average molecular weight is 271 g/mol. The lowest BCUT2D eigenvalue weighted by Crippen LogP contribution is -2.34. The Kier molecular flexibility index (Phi) is 4.75. The fourth-order valence-electron chi connectivity index (χ4n) is 1.54. The van der Waals surface area contributed by atoms with Gasteiger partial charge in [0.2, 0.25) is 0 Å². The number of hydrogen-bond acceptors (Lipinski definition) is 2. The number of nitrogens with zero attached hydrogens (tertiary/aromatic N) is 1. The van der Waals surface area contributed by atoms with E-state index in [1.807, 2.05) is 0 Å². The van der Waals surface area contributed by atoms with Crippen molar-refractivity contribution in [1.29, 1.82) is 0 Å². The van der Waals surface area contributed by atoms with Gasteiger partial charge in [-0.1, -0.05) is 18.7 Å². The van der Waals surface area contributed by atoms with Crippen LogP contribution in [0.1, 0.15) is 18.9 Å². The van der Waals surface area contributed by atoms with Crippen molar-refractivity contribution < 1.29 is 18.0 Å². The van der Waals surface area contributed by atoms with Gasteiger partial charge in [0, 0.05) is 19.2 Å². The first-order valence-corrected chi connectivity index (χ1v) is 5.80. The van der Waals surface area contributed by atoms with E-state index in [1.165, 1.54) is 12.1 Å². The monoisotopic (exact) mass is 271 g/mol. The third-order valence-electron chi connectivity index (χ3n) is 2.79. The van der Waals surface area contributed by atoms with E-state index in [2.05, 4.69) is 6.58 Å². The Morgan fingerprint density at radius 1 is 1.37 bits per heavy atom. The summed E-state index contributed by atoms with van der Waals surface area (Å²) in [4.78, 5) is 11.7. The highest BCUT2D eigenvalue weighted by molar-refractivity contribution is 5.94. The lowest BCUT2D eigenvalue weighted by molar-refractivity contribution is -0.125. The molecule has 0 aliphatic heterocycles. The molecule has 0 heterocycles. The van der Waals surface area contributed by atoms with Gasteiger partial charge in [-0.25, -0.2) is 0 Å². The predicted octanol–water partition coefficient (Wildman–Crippen LogP) is 3.72. The first-order chi connectivity index (χ1) is 8.71. The molecular weight excluding hydrogens is 255 g/mol. The highest BCUT2D eigenvalue weighted by Crippen LogP contribution is 2.27. The molecule has 1 rings (SSSR count). The van der Waals surface area contributed by atoms with Gasteiger partial charge in [-0.15, -0.1) is 0 Å². The maximum absolute atomic E-state index is 12.5. The van der Waals surface area contributed by atoms with Gasteiger partial charge in [0.25, 0.3) is 0 Å². The molecule has 0 fully saturated rings. The highest BCUT2D eigenvalue weighted by Gasteiger charge is 2.34. The Bertz CT molecular complexity index is 480. The summed E-state index contributed by atoms with van der Waals surface area (Å²) < 4.78 is 37.6. The number of aryl methyl sites for hydroxylation is 1. The number of carbonyl (C=O) groups is 1. The van der Waals surface area contributed by atoms with E-state index in [-0.39, 0.29) is 22.8 Å². The van der Waals surface area contributed by atoms with Crippen LogP contribution in [0.5, 0.6) is 0 Å². The summed E-state index contributed by atoms with van der Waals surface area (Å²) in [5.74, 6) is -0.0745. The minimum Gasteiger partial charge on any atom is -0.295 e. The minimum absolute atomic E-state index is 0.0628. The summed E-state index contributed by atoms with van der Waals surface area (Å²) in [6.07, 6.45) is -3.74. The second-order valence-corrected chi connectivity index (χ2v) is 4.40. The first kappa shape index (κ1) is 15.3. The zero-order valence-corrected chi connectivity index (χ0v) is 10.9. The number of hydrogen-bond donors (Lipinski definition) is 0. The van der Waals surface area contributed by atoms with E-state index in [0.717, 1.165) is 7.05 Å². The van der Waals surface area contributed by atoms with E-state index < -0.39 is 6.30 Å². The van der Waals surface area contributed by atoms with Gasteiger partial charge in [0.05, 0.1) is 0 Å². The van der Waals surface area contributed by atoms with E-state index in [9.17, 15) is 18.0 Å². The van der Waals surface area contributed by atoms with Crippen molar-refractivity contribution in [2.24, 2.45) is 0 Å². The standard InChI is InChI=1S/C14H16F3NO/c1-10(2)13(19)8-7-11-5-4-6-12(9-11)18(3)14(15,16)17/h4-6,9H,1,7-8H2,2-3H3. The molecule has 0 amide bonds. The Labute approximate surface area is 110 Å². The number of allylic oxidation sites excluding steroid dienone is 1. The van der Waals surface area contributed by atoms with Crippen molar-refractivity contribution in [3.63, 3.8) is 0 Å². The summed E-state index contributed by atoms with van der Waals surface area (Å²) in [5, 5.41) is 0. The lowest BCUT2D eigenvalue weighted by Gasteiger charge is -2.22. The van der Waals surface area contributed by atoms with Crippen molar-refractivity contribution in [2.75, 3.05) is 11.9 Å². The second kappa shape index (κ2) is 5.91. The number of halogens is 3. The van der Waals surface area contributed by atoms with Crippen LogP contribution >= 0.6 is 0 Å². The summed E-state index contributed by atoms with van der Waals surface area (Å²) in [5.41, 5.74) is 1.22. The van der Waals surface area contributed by atoms with Crippen molar-refractivity contribution in [3.05, 3.63) is 42.0 Å². The molecule has 2 nitrogen and oxygen atoms in total. The molecule has 0 aliphatic rings. The molecule has 0 radical (unpaired) electrons. The number of rotatable bonds is 5. The van der Waals surface area contributed by atoms with E-state index in [0.29, 0.717) is 17.6 Å². The summed E-state index contributed by atoms with van der Waals surface area (Å²) >= 11 is 0. The van der Waals surface area contributed by atoms with Gasteiger partial charge in [-0.3, -0.25) is 9.69 Å². The smallest absolute Gasteiger partial charge is 0.295 e. The van der Waals surface area contributed by atoms with Crippen LogP contribution in [0.2, 0.25) is 0 Å². The first-order valence-electron chi connectivity index (χ1n) is 5.80. The zero-order valence-electron chi connectivity index (χ0n) is 10.9. The van der Waals surface area contributed by atoms with Crippen LogP contribution < -0.4 is 4.90 Å². The zero-order chi connectivity index (χ0) is 14.6. The van der Waals surface area contributed by atoms with E-state index in [1.54, 1.807) is 19.1 Å². The van der Waals surface area contributed by atoms with Crippen LogP contribution in [0.25, 0.3) is 0 Å². The molecule has 5 heteroatoms. The summed E-state index contributed by atoms with van der Waals surface area (Å²) in [7, 11) is 0.970. The Hall–Kier alpha value is -1.78. The van der Waals surface area contributed by atoms with Gasteiger partial charge in [-0.05, 0) is 36.6 Å². The fourth-order valence-corrected chi connectivity index (χ4v) is 1.54. The lowest BCUT2D eigenvalue weighted by atomic mass is 10.0. The van der Waals surface area contributed by atoms with Crippen LogP contribution in [-0.4, -0.2) is 19.1 Å². The number of benzene rings is 1. The molecule has 1 aromatic carbocycles. The summed E-state index contributed by atoms with van der Waals surface area (Å²) in [6.45, 7) is 5.16. The van der Waals surface area contributed by atoms with Crippen molar-refractivity contribution >= 4 is 11.5 Å². The quantitative estimate of drug-likeness (QED) is 0.601. The third kappa shape index (κ3) is 4.43. The average Bonchev–Trinajstić information content (AvgIpc) is 2.34. The number of Topliss-reactive ketones (excluding diaryl/α,β-unsaturated/α-hetero) is 1. The molecule has 0 spiro atoms. The van der Waals surface area contributed by atoms with Crippen LogP contribution in [-0.2, 0) is 11.2 Å². The number of anilines is 1. The Morgan fingerprint density at radius 2 is 2.00 bits per heavy atom. The van der Waals surface area contributed by atoms with Crippen LogP contribution in [0, 0.1) is 0 Å². The van der Waals surface area contributed by atoms with Crippen LogP contribution in [0.15, 0.2) is 36.4 Å². The fraction of sp³-hybridized carbons (Fsp3) is 0.357. The number of alkyl halides is 3. The van der Waals surface area contributed by atoms with Crippen LogP contribution in [0.3, 0.4) is 0 Å². The molecule has 0 aromatic heterocycles. The van der Waals surface area contributed by atoms with E-state index in [4.69, 9.17) is 0 Å². The maximum atomic E-state index is 12.5. The van der Waals surface area contributed by atoms with Gasteiger partial charge in [-0.2, -0.15) is 13.2 Å². The van der Waals surface area contributed by atoms with E-state index >= 15 is 0 Å². The Morgan fingerprint density at radius 3 is 2.53 bits per heavy atom. The molecule has 0 saturated carbocycles. The van der Waals surface area contributed by atoms with Gasteiger partial charge >= 0.3 is 6.30 Å². The van der Waals surface area contributed by atoms with Gasteiger partial charge in [0.1, 0.15) is 0 Å². The molecule has 1 aromatic rings. The Balaban J connectivity index is 2.78. The van der Waals surface area contributed by atoms with Gasteiger partial charge < -0.3 is 0 Å². The van der Waals surface area contributed by atoms with Crippen LogP contribution in [0.4, 0.5) is 18.9 Å². The molecule has 0 aliphatic carbocycles. The van der Waals surface area contributed by atoms with Crippen molar-refractivity contribution in [2.45, 2.75) is 26.1 Å². The van der Waals surface area contributed by atoms with Crippen molar-refractivity contribution in [1.82, 2.24) is 0 Å². The molecule has 0 atom stereocenters. The molecule has 0 saturated heterocycles. The van der Waals surface area contributed by atoms with Gasteiger partial charge in [0.15, 0.2) is 5.78 Å². The SMILES string of the molecule is C=C(C)C(=O)CCc1cccc(N(C)C(F)(F)F)c1. The molecule has 0 N–H and O–H groups in total. The third-order valence-corrected chi connectivity index (χ3v) is 2.79. The number of ketones is 1. The normalized spacial score (nSPS) is 11.2. The predicted molar refractivity (Wildman–Crippen MR) is 69.0 cm³/mol. The molecular formula is C14H16F3NO. The topological polar surface area (TPSA) is 20.3 Å². The number of carbonyl (C=O) groups excluding carboxylic acids is 1. The molecule has 19 heavy (non-hydrogen) atoms. The second-order valence-electron chi connectivity index (χ2n) is 4.40. The molecule has 0 bridgehead atoms. The maximum Gasteiger partial charge on any atom is 0.484 e. The summed E-state index contributed by atoms with van der Waals surface area (Å²) in [6, 6.07) is 6.09. The van der Waals surface area contributed by atoms with Crippen molar-refractivity contribution in [3.8, 4) is 0 Å². The minimum atomic E-state index is -4.41. The molecule has 0 unspecified atom stereocenters. The highest BCUT2D eigenvalue weighted by atomic mass is 19.4. The molecule has 104 valence electrons. The largest absolute Gasteiger partial charge is 0.484 e.